The Bertz CT molecular complexity index is 1400. The molecule has 180 valence electrons. The third kappa shape index (κ3) is 4.88. The zero-order chi connectivity index (χ0) is 24.6. The van der Waals surface area contributed by atoms with Crippen molar-refractivity contribution < 1.29 is 27.5 Å². The minimum absolute atomic E-state index is 0.0718. The maximum absolute atomic E-state index is 12.9. The number of nitrogens with one attached hydrogen (secondary N) is 1. The number of rotatable bonds is 7. The predicted octanol–water partition coefficient (Wildman–Crippen LogP) is 4.71. The molecule has 1 saturated heterocycles. The van der Waals surface area contributed by atoms with Gasteiger partial charge >= 0.3 is 0 Å². The van der Waals surface area contributed by atoms with Crippen molar-refractivity contribution in [1.29, 1.82) is 0 Å². The molecule has 0 saturated carbocycles. The number of benzene rings is 3. The molecule has 10 heteroatoms. The van der Waals surface area contributed by atoms with Crippen molar-refractivity contribution in [2.45, 2.75) is 23.8 Å². The van der Waals surface area contributed by atoms with Crippen molar-refractivity contribution in [1.82, 2.24) is 4.90 Å². The van der Waals surface area contributed by atoms with E-state index in [2.05, 4.69) is 4.72 Å². The van der Waals surface area contributed by atoms with Crippen LogP contribution >= 0.6 is 11.6 Å². The molecule has 2 amide bonds. The highest BCUT2D eigenvalue weighted by Crippen LogP contribution is 2.31. The minimum atomic E-state index is -3.82. The van der Waals surface area contributed by atoms with Gasteiger partial charge in [-0.25, -0.2) is 8.42 Å². The Labute approximate surface area is 207 Å². The lowest BCUT2D eigenvalue weighted by Gasteiger charge is -2.17. The third-order valence-corrected chi connectivity index (χ3v) is 7.45. The Kier molecular flexibility index (Phi) is 6.22. The summed E-state index contributed by atoms with van der Waals surface area (Å²) < 4.78 is 39.3. The molecule has 8 nitrogen and oxygen atoms in total. The van der Waals surface area contributed by atoms with Gasteiger partial charge in [-0.15, -0.1) is 0 Å². The van der Waals surface area contributed by atoms with Crippen molar-refractivity contribution in [2.75, 3.05) is 17.9 Å². The maximum atomic E-state index is 12.9. The van der Waals surface area contributed by atoms with E-state index in [1.165, 1.54) is 41.3 Å². The molecule has 0 spiro atoms. The summed E-state index contributed by atoms with van der Waals surface area (Å²) in [5.74, 6) is -0.0168. The number of carbonyl (C=O) groups is 2. The Morgan fingerprint density at radius 2 is 1.71 bits per heavy atom. The normalized spacial score (nSPS) is 17.5. The zero-order valence-electron chi connectivity index (χ0n) is 18.4. The summed E-state index contributed by atoms with van der Waals surface area (Å²) in [5.41, 5.74) is 0.891. The van der Waals surface area contributed by atoms with Crippen LogP contribution in [0.5, 0.6) is 11.5 Å². The molecular formula is C25H21ClN2O6S. The largest absolute Gasteiger partial charge is 0.457 e. The van der Waals surface area contributed by atoms with Gasteiger partial charge in [-0.3, -0.25) is 19.2 Å². The number of carbonyl (C=O) groups excluding carboxylic acids is 2. The number of imide groups is 1. The van der Waals surface area contributed by atoms with Crippen LogP contribution in [0.2, 0.25) is 5.02 Å². The zero-order valence-corrected chi connectivity index (χ0v) is 20.0. The summed E-state index contributed by atoms with van der Waals surface area (Å²) in [5, 5.41) is 0.434. The van der Waals surface area contributed by atoms with Crippen LogP contribution in [0.4, 0.5) is 5.69 Å². The first-order chi connectivity index (χ1) is 16.8. The van der Waals surface area contributed by atoms with Gasteiger partial charge in [-0.05, 0) is 67.4 Å². The molecule has 0 radical (unpaired) electrons. The van der Waals surface area contributed by atoms with Gasteiger partial charge in [0, 0.05) is 17.7 Å². The van der Waals surface area contributed by atoms with Crippen LogP contribution in [0.1, 0.15) is 33.6 Å². The number of hydrogen-bond acceptors (Lipinski definition) is 6. The van der Waals surface area contributed by atoms with Gasteiger partial charge in [0.1, 0.15) is 11.5 Å². The van der Waals surface area contributed by atoms with E-state index >= 15 is 0 Å². The van der Waals surface area contributed by atoms with E-state index in [9.17, 15) is 18.0 Å². The molecule has 2 heterocycles. The first kappa shape index (κ1) is 23.3. The standard InChI is InChI=1S/C25H21ClN2O6S/c26-16-6-9-21(10-7-16)35(31,32)27-17-3-1-4-18(13-17)34-19-8-11-22-23(14-19)25(30)28(24(22)29)15-20-5-2-12-33-20/h1,3-4,6-11,13-14,20,27H,2,5,12,15H2. The molecular weight excluding hydrogens is 492 g/mol. The Morgan fingerprint density at radius 1 is 0.971 bits per heavy atom. The van der Waals surface area contributed by atoms with E-state index in [0.717, 1.165) is 12.8 Å². The molecule has 35 heavy (non-hydrogen) atoms. The van der Waals surface area contributed by atoms with Crippen LogP contribution < -0.4 is 9.46 Å². The summed E-state index contributed by atoms with van der Waals surface area (Å²) in [6.07, 6.45) is 1.60. The number of amides is 2. The lowest BCUT2D eigenvalue weighted by molar-refractivity contribution is 0.0475. The topological polar surface area (TPSA) is 102 Å². The number of fused-ring (bicyclic) bond motifs is 1. The summed E-state index contributed by atoms with van der Waals surface area (Å²) in [6.45, 7) is 0.874. The molecule has 0 aliphatic carbocycles. The second kappa shape index (κ2) is 9.33. The monoisotopic (exact) mass is 512 g/mol. The number of nitrogens with zero attached hydrogens (tertiary/aromatic N) is 1. The lowest BCUT2D eigenvalue weighted by atomic mass is 10.1. The summed E-state index contributed by atoms with van der Waals surface area (Å²) in [4.78, 5) is 26.9. The highest BCUT2D eigenvalue weighted by Gasteiger charge is 2.37. The predicted molar refractivity (Wildman–Crippen MR) is 130 cm³/mol. The van der Waals surface area contributed by atoms with Crippen molar-refractivity contribution >= 4 is 39.1 Å². The number of halogens is 1. The first-order valence-corrected chi connectivity index (χ1v) is 12.8. The summed E-state index contributed by atoms with van der Waals surface area (Å²) in [7, 11) is -3.82. The van der Waals surface area contributed by atoms with Crippen molar-refractivity contribution in [2.24, 2.45) is 0 Å². The van der Waals surface area contributed by atoms with Gasteiger partial charge < -0.3 is 9.47 Å². The Hall–Kier alpha value is -3.40. The molecule has 3 aromatic rings. The molecule has 1 unspecified atom stereocenters. The number of hydrogen-bond donors (Lipinski definition) is 1. The average molecular weight is 513 g/mol. The molecule has 5 rings (SSSR count). The van der Waals surface area contributed by atoms with Crippen LogP contribution in [0.15, 0.2) is 71.6 Å². The number of anilines is 1. The van der Waals surface area contributed by atoms with Gasteiger partial charge in [0.15, 0.2) is 0 Å². The first-order valence-electron chi connectivity index (χ1n) is 11.0. The quantitative estimate of drug-likeness (QED) is 0.460. The molecule has 3 aromatic carbocycles. The Balaban J connectivity index is 1.32. The van der Waals surface area contributed by atoms with Crippen LogP contribution in [-0.4, -0.2) is 44.4 Å². The molecule has 0 bridgehead atoms. The SMILES string of the molecule is O=C1c2ccc(Oc3cccc(NS(=O)(=O)c4ccc(Cl)cc4)c3)cc2C(=O)N1CC1CCCO1. The fraction of sp³-hybridized carbons (Fsp3) is 0.200. The second-order valence-corrected chi connectivity index (χ2v) is 10.4. The van der Waals surface area contributed by atoms with Gasteiger partial charge in [-0.2, -0.15) is 0 Å². The van der Waals surface area contributed by atoms with Crippen molar-refractivity contribution in [3.05, 3.63) is 82.9 Å². The third-order valence-electron chi connectivity index (χ3n) is 5.80. The van der Waals surface area contributed by atoms with E-state index in [0.29, 0.717) is 34.4 Å². The van der Waals surface area contributed by atoms with Gasteiger partial charge in [0.05, 0.1) is 34.4 Å². The molecule has 1 fully saturated rings. The highest BCUT2D eigenvalue weighted by atomic mass is 35.5. The molecule has 2 aliphatic rings. The smallest absolute Gasteiger partial charge is 0.261 e. The van der Waals surface area contributed by atoms with Crippen LogP contribution in [-0.2, 0) is 14.8 Å². The average Bonchev–Trinajstić information content (AvgIpc) is 3.42. The van der Waals surface area contributed by atoms with Crippen molar-refractivity contribution in [3.8, 4) is 11.5 Å². The van der Waals surface area contributed by atoms with Crippen LogP contribution in [0, 0.1) is 0 Å². The minimum Gasteiger partial charge on any atom is -0.457 e. The van der Waals surface area contributed by atoms with Gasteiger partial charge in [0.25, 0.3) is 21.8 Å². The molecule has 1 N–H and O–H groups in total. The van der Waals surface area contributed by atoms with E-state index in [1.807, 2.05) is 0 Å². The number of ether oxygens (including phenoxy) is 2. The molecule has 1 atom stereocenters. The maximum Gasteiger partial charge on any atom is 0.261 e. The van der Waals surface area contributed by atoms with Crippen LogP contribution in [0.25, 0.3) is 0 Å². The van der Waals surface area contributed by atoms with Gasteiger partial charge in [-0.1, -0.05) is 17.7 Å². The summed E-state index contributed by atoms with van der Waals surface area (Å²) in [6, 6.07) is 16.9. The fourth-order valence-corrected chi connectivity index (χ4v) is 5.25. The molecule has 0 aromatic heterocycles. The van der Waals surface area contributed by atoms with E-state index in [1.54, 1.807) is 30.3 Å². The highest BCUT2D eigenvalue weighted by molar-refractivity contribution is 7.92. The fourth-order valence-electron chi connectivity index (χ4n) is 4.08. The van der Waals surface area contributed by atoms with Gasteiger partial charge in [0.2, 0.25) is 0 Å². The van der Waals surface area contributed by atoms with E-state index < -0.39 is 10.0 Å². The molecule has 2 aliphatic heterocycles. The van der Waals surface area contributed by atoms with E-state index in [4.69, 9.17) is 21.1 Å². The lowest BCUT2D eigenvalue weighted by Crippen LogP contribution is -2.36. The second-order valence-electron chi connectivity index (χ2n) is 8.25. The van der Waals surface area contributed by atoms with E-state index in [-0.39, 0.29) is 34.9 Å². The van der Waals surface area contributed by atoms with Crippen molar-refractivity contribution in [3.63, 3.8) is 0 Å². The number of sulfonamides is 1. The summed E-state index contributed by atoms with van der Waals surface area (Å²) >= 11 is 5.84. The van der Waals surface area contributed by atoms with Crippen LogP contribution in [0.3, 0.4) is 0 Å². The Morgan fingerprint density at radius 3 is 2.46 bits per heavy atom.